The molecule has 0 spiro atoms. The number of rotatable bonds is 6. The van der Waals surface area contributed by atoms with Crippen LogP contribution in [0.5, 0.6) is 5.75 Å². The highest BCUT2D eigenvalue weighted by atomic mass is 16.5. The van der Waals surface area contributed by atoms with Crippen molar-refractivity contribution in [2.45, 2.75) is 45.4 Å². The van der Waals surface area contributed by atoms with Gasteiger partial charge in [0.15, 0.2) is 0 Å². The summed E-state index contributed by atoms with van der Waals surface area (Å²) in [5.41, 5.74) is 0.816. The van der Waals surface area contributed by atoms with Gasteiger partial charge in [-0.3, -0.25) is 9.69 Å². The smallest absolute Gasteiger partial charge is 0.244 e. The van der Waals surface area contributed by atoms with Gasteiger partial charge in [-0.25, -0.2) is 0 Å². The minimum absolute atomic E-state index is 0.0924. The van der Waals surface area contributed by atoms with E-state index in [9.17, 15) is 4.79 Å². The molecule has 1 saturated heterocycles. The molecule has 0 unspecified atom stereocenters. The van der Waals surface area contributed by atoms with Crippen molar-refractivity contribution < 1.29 is 14.3 Å². The molecule has 0 saturated carbocycles. The lowest BCUT2D eigenvalue weighted by atomic mass is 10.00. The first-order valence-electron chi connectivity index (χ1n) is 8.80. The fourth-order valence-electron chi connectivity index (χ4n) is 3.06. The third kappa shape index (κ3) is 5.87. The molecule has 2 rings (SSSR count). The highest BCUT2D eigenvalue weighted by molar-refractivity contribution is 5.91. The van der Waals surface area contributed by atoms with Crippen molar-refractivity contribution in [1.82, 2.24) is 10.2 Å². The fraction of sp³-hybridized carbons (Fsp3) is 0.550. The first kappa shape index (κ1) is 19.5. The molecule has 0 radical (unpaired) electrons. The molecule has 1 amide bonds. The first-order valence-corrected chi connectivity index (χ1v) is 8.80. The lowest BCUT2D eigenvalue weighted by molar-refractivity contribution is -0.118. The molecule has 0 aliphatic carbocycles. The third-order valence-corrected chi connectivity index (χ3v) is 4.49. The van der Waals surface area contributed by atoms with Crippen molar-refractivity contribution in [3.63, 3.8) is 0 Å². The molecule has 1 aliphatic rings. The van der Waals surface area contributed by atoms with Gasteiger partial charge >= 0.3 is 0 Å². The zero-order chi connectivity index (χ0) is 18.4. The number of morpholine rings is 1. The summed E-state index contributed by atoms with van der Waals surface area (Å²) < 4.78 is 11.0. The van der Waals surface area contributed by atoms with Crippen LogP contribution in [-0.4, -0.2) is 55.3 Å². The van der Waals surface area contributed by atoms with Gasteiger partial charge in [0.2, 0.25) is 5.91 Å². The summed E-state index contributed by atoms with van der Waals surface area (Å²) in [4.78, 5) is 14.5. The highest BCUT2D eigenvalue weighted by Crippen LogP contribution is 2.20. The molecule has 0 aromatic heterocycles. The Morgan fingerprint density at radius 1 is 1.36 bits per heavy atom. The molecular formula is C20H30N2O3. The van der Waals surface area contributed by atoms with Crippen LogP contribution in [0.15, 0.2) is 30.3 Å². The largest absolute Gasteiger partial charge is 0.497 e. The van der Waals surface area contributed by atoms with E-state index in [0.29, 0.717) is 6.54 Å². The summed E-state index contributed by atoms with van der Waals surface area (Å²) in [5, 5.41) is 3.01. The van der Waals surface area contributed by atoms with Crippen LogP contribution in [0.3, 0.4) is 0 Å². The van der Waals surface area contributed by atoms with Gasteiger partial charge in [-0.05, 0) is 51.5 Å². The van der Waals surface area contributed by atoms with Gasteiger partial charge in [0.25, 0.3) is 0 Å². The van der Waals surface area contributed by atoms with Gasteiger partial charge in [-0.2, -0.15) is 0 Å². The number of methoxy groups -OCH3 is 1. The van der Waals surface area contributed by atoms with E-state index in [1.165, 1.54) is 0 Å². The number of benzene rings is 1. The monoisotopic (exact) mass is 346 g/mol. The highest BCUT2D eigenvalue weighted by Gasteiger charge is 2.33. The standard InChI is InChI=1S/C20H30N2O3/c1-15-12-22(13-16(2)25-15)20(3,4)14-21-19(23)10-9-17-7-6-8-18(11-17)24-5/h6-11,15-16H,12-14H2,1-5H3,(H,21,23)/b10-9+/t15-,16-/m0/s1. The predicted octanol–water partition coefficient (Wildman–Crippen LogP) is 2.71. The molecule has 1 aromatic rings. The number of nitrogens with zero attached hydrogens (tertiary/aromatic N) is 1. The summed E-state index contributed by atoms with van der Waals surface area (Å²) in [6.45, 7) is 10.9. The van der Waals surface area contributed by atoms with E-state index < -0.39 is 0 Å². The van der Waals surface area contributed by atoms with Crippen LogP contribution in [-0.2, 0) is 9.53 Å². The van der Waals surface area contributed by atoms with E-state index in [1.807, 2.05) is 24.3 Å². The Balaban J connectivity index is 1.88. The molecule has 1 fully saturated rings. The minimum Gasteiger partial charge on any atom is -0.497 e. The molecular weight excluding hydrogens is 316 g/mol. The quantitative estimate of drug-likeness (QED) is 0.805. The molecule has 25 heavy (non-hydrogen) atoms. The summed E-state index contributed by atoms with van der Waals surface area (Å²) in [7, 11) is 1.63. The lowest BCUT2D eigenvalue weighted by Crippen LogP contribution is -2.58. The van der Waals surface area contributed by atoms with E-state index >= 15 is 0 Å². The van der Waals surface area contributed by atoms with Gasteiger partial charge < -0.3 is 14.8 Å². The van der Waals surface area contributed by atoms with Crippen molar-refractivity contribution in [2.24, 2.45) is 0 Å². The number of ether oxygens (including phenoxy) is 2. The number of amides is 1. The maximum atomic E-state index is 12.2. The average molecular weight is 346 g/mol. The molecule has 1 heterocycles. The van der Waals surface area contributed by atoms with Crippen LogP contribution >= 0.6 is 0 Å². The van der Waals surface area contributed by atoms with Crippen LogP contribution in [0.1, 0.15) is 33.3 Å². The Bertz CT molecular complexity index is 603. The van der Waals surface area contributed by atoms with Gasteiger partial charge in [0.05, 0.1) is 19.3 Å². The predicted molar refractivity (Wildman–Crippen MR) is 101 cm³/mol. The molecule has 1 N–H and O–H groups in total. The number of carbonyl (C=O) groups excluding carboxylic acids is 1. The fourth-order valence-corrected chi connectivity index (χ4v) is 3.06. The van der Waals surface area contributed by atoms with Crippen molar-refractivity contribution in [2.75, 3.05) is 26.7 Å². The lowest BCUT2D eigenvalue weighted by Gasteiger charge is -2.45. The Morgan fingerprint density at radius 2 is 2.04 bits per heavy atom. The average Bonchev–Trinajstić information content (AvgIpc) is 2.57. The number of nitrogens with one attached hydrogen (secondary N) is 1. The molecule has 2 atom stereocenters. The van der Waals surface area contributed by atoms with Crippen LogP contribution in [0.2, 0.25) is 0 Å². The Morgan fingerprint density at radius 3 is 2.68 bits per heavy atom. The maximum Gasteiger partial charge on any atom is 0.244 e. The van der Waals surface area contributed by atoms with E-state index in [4.69, 9.17) is 9.47 Å². The molecule has 1 aromatic carbocycles. The second kappa shape index (κ2) is 8.50. The van der Waals surface area contributed by atoms with Crippen LogP contribution in [0.4, 0.5) is 0 Å². The molecule has 5 nitrogen and oxygen atoms in total. The summed E-state index contributed by atoms with van der Waals surface area (Å²) >= 11 is 0. The SMILES string of the molecule is COc1cccc(/C=C/C(=O)NCC(C)(C)N2C[C@H](C)O[C@@H](C)C2)c1. The normalized spacial score (nSPS) is 22.1. The van der Waals surface area contributed by atoms with Gasteiger partial charge in [0, 0.05) is 31.2 Å². The molecule has 138 valence electrons. The van der Waals surface area contributed by atoms with Crippen molar-refractivity contribution in [1.29, 1.82) is 0 Å². The number of hydrogen-bond donors (Lipinski definition) is 1. The Labute approximate surface area is 151 Å². The van der Waals surface area contributed by atoms with Gasteiger partial charge in [-0.15, -0.1) is 0 Å². The molecule has 1 aliphatic heterocycles. The minimum atomic E-state index is -0.119. The first-order chi connectivity index (χ1) is 11.8. The summed E-state index contributed by atoms with van der Waals surface area (Å²) in [5.74, 6) is 0.685. The van der Waals surface area contributed by atoms with Gasteiger partial charge in [-0.1, -0.05) is 12.1 Å². The maximum absolute atomic E-state index is 12.2. The number of carbonyl (C=O) groups is 1. The zero-order valence-corrected chi connectivity index (χ0v) is 15.9. The van der Waals surface area contributed by atoms with Crippen molar-refractivity contribution in [3.05, 3.63) is 35.9 Å². The van der Waals surface area contributed by atoms with Crippen LogP contribution in [0, 0.1) is 0 Å². The van der Waals surface area contributed by atoms with E-state index in [2.05, 4.69) is 37.9 Å². The molecule has 0 bridgehead atoms. The molecule has 5 heteroatoms. The second-order valence-corrected chi connectivity index (χ2v) is 7.30. The zero-order valence-electron chi connectivity index (χ0n) is 15.9. The van der Waals surface area contributed by atoms with E-state index in [1.54, 1.807) is 19.3 Å². The van der Waals surface area contributed by atoms with E-state index in [0.717, 1.165) is 24.4 Å². The Hall–Kier alpha value is -1.85. The number of hydrogen-bond acceptors (Lipinski definition) is 4. The summed E-state index contributed by atoms with van der Waals surface area (Å²) in [6.07, 6.45) is 3.79. The third-order valence-electron chi connectivity index (χ3n) is 4.49. The Kier molecular flexibility index (Phi) is 6.62. The second-order valence-electron chi connectivity index (χ2n) is 7.30. The van der Waals surface area contributed by atoms with Crippen molar-refractivity contribution in [3.8, 4) is 5.75 Å². The van der Waals surface area contributed by atoms with E-state index in [-0.39, 0.29) is 23.7 Å². The topological polar surface area (TPSA) is 50.8 Å². The van der Waals surface area contributed by atoms with Crippen molar-refractivity contribution >= 4 is 12.0 Å². The van der Waals surface area contributed by atoms with Crippen LogP contribution in [0.25, 0.3) is 6.08 Å². The summed E-state index contributed by atoms with van der Waals surface area (Å²) in [6, 6.07) is 7.61. The van der Waals surface area contributed by atoms with Crippen LogP contribution < -0.4 is 10.1 Å². The van der Waals surface area contributed by atoms with Gasteiger partial charge in [0.1, 0.15) is 5.75 Å².